The molecule has 2 rings (SSSR count). The Morgan fingerprint density at radius 2 is 2.15 bits per heavy atom. The van der Waals surface area contributed by atoms with E-state index in [-0.39, 0.29) is 6.04 Å². The number of aromatic nitrogens is 2. The van der Waals surface area contributed by atoms with Crippen LogP contribution in [0.25, 0.3) is 0 Å². The highest BCUT2D eigenvalue weighted by Crippen LogP contribution is 2.32. The number of benzene rings is 1. The van der Waals surface area contributed by atoms with E-state index in [9.17, 15) is 0 Å². The third kappa shape index (κ3) is 2.97. The van der Waals surface area contributed by atoms with E-state index in [0.29, 0.717) is 5.02 Å². The van der Waals surface area contributed by atoms with Gasteiger partial charge in [0.05, 0.1) is 18.8 Å². The number of ether oxygens (including phenoxy) is 1. The number of nitrogens with zero attached hydrogens (tertiary/aromatic N) is 2. The van der Waals surface area contributed by atoms with Crippen LogP contribution in [0.5, 0.6) is 5.75 Å². The molecule has 5 heteroatoms. The molecular formula is C15H20ClN3O. The van der Waals surface area contributed by atoms with Crippen molar-refractivity contribution in [2.45, 2.75) is 26.4 Å². The average Bonchev–Trinajstić information content (AvgIpc) is 2.93. The minimum Gasteiger partial charge on any atom is -0.496 e. The zero-order valence-corrected chi connectivity index (χ0v) is 12.8. The number of rotatable bonds is 6. The predicted octanol–water partition coefficient (Wildman–Crippen LogP) is 3.26. The van der Waals surface area contributed by atoms with E-state index in [0.717, 1.165) is 30.1 Å². The van der Waals surface area contributed by atoms with Crippen LogP contribution in [0.1, 0.15) is 31.1 Å². The van der Waals surface area contributed by atoms with Crippen LogP contribution < -0.4 is 10.1 Å². The molecule has 0 aliphatic carbocycles. The van der Waals surface area contributed by atoms with Gasteiger partial charge in [-0.25, -0.2) is 0 Å². The van der Waals surface area contributed by atoms with Crippen molar-refractivity contribution >= 4 is 11.6 Å². The van der Waals surface area contributed by atoms with Crippen LogP contribution in [-0.4, -0.2) is 23.4 Å². The molecule has 1 aromatic carbocycles. The molecule has 20 heavy (non-hydrogen) atoms. The Balaban J connectivity index is 2.48. The SMILES string of the molecule is CCNC(c1ccc(Cl)cc1OC)c1ccnn1CC. The lowest BCUT2D eigenvalue weighted by atomic mass is 10.0. The minimum atomic E-state index is 0.0367. The van der Waals surface area contributed by atoms with Crippen LogP contribution in [0.4, 0.5) is 0 Å². The lowest BCUT2D eigenvalue weighted by Crippen LogP contribution is -2.25. The van der Waals surface area contributed by atoms with Gasteiger partial charge in [0.25, 0.3) is 0 Å². The summed E-state index contributed by atoms with van der Waals surface area (Å²) in [6.45, 7) is 5.85. The second-order valence-corrected chi connectivity index (χ2v) is 4.89. The van der Waals surface area contributed by atoms with E-state index in [1.807, 2.05) is 35.1 Å². The van der Waals surface area contributed by atoms with E-state index in [1.54, 1.807) is 7.11 Å². The van der Waals surface area contributed by atoms with Gasteiger partial charge in [-0.3, -0.25) is 4.68 Å². The third-order valence-corrected chi connectivity index (χ3v) is 3.49. The summed E-state index contributed by atoms with van der Waals surface area (Å²) in [4.78, 5) is 0. The second kappa shape index (κ2) is 6.77. The summed E-state index contributed by atoms with van der Waals surface area (Å²) in [5.74, 6) is 0.785. The van der Waals surface area contributed by atoms with E-state index in [2.05, 4.69) is 24.3 Å². The maximum absolute atomic E-state index is 6.04. The fourth-order valence-electron chi connectivity index (χ4n) is 2.35. The fourth-order valence-corrected chi connectivity index (χ4v) is 2.52. The summed E-state index contributed by atoms with van der Waals surface area (Å²) < 4.78 is 7.46. The number of halogens is 1. The quantitative estimate of drug-likeness (QED) is 0.888. The highest BCUT2D eigenvalue weighted by atomic mass is 35.5. The molecule has 0 amide bonds. The fraction of sp³-hybridized carbons (Fsp3) is 0.400. The van der Waals surface area contributed by atoms with Gasteiger partial charge in [0.15, 0.2) is 0 Å². The molecular weight excluding hydrogens is 274 g/mol. The zero-order valence-electron chi connectivity index (χ0n) is 12.1. The molecule has 1 unspecified atom stereocenters. The summed E-state index contributed by atoms with van der Waals surface area (Å²) in [7, 11) is 1.66. The maximum atomic E-state index is 6.04. The lowest BCUT2D eigenvalue weighted by Gasteiger charge is -2.21. The Hall–Kier alpha value is -1.52. The summed E-state index contributed by atoms with van der Waals surface area (Å²) in [5, 5.41) is 8.50. The smallest absolute Gasteiger partial charge is 0.125 e. The van der Waals surface area contributed by atoms with Crippen molar-refractivity contribution in [3.8, 4) is 5.75 Å². The van der Waals surface area contributed by atoms with Crippen molar-refractivity contribution in [1.82, 2.24) is 15.1 Å². The van der Waals surface area contributed by atoms with Crippen LogP contribution in [0.2, 0.25) is 5.02 Å². The number of methoxy groups -OCH3 is 1. The molecule has 1 heterocycles. The van der Waals surface area contributed by atoms with E-state index < -0.39 is 0 Å². The van der Waals surface area contributed by atoms with E-state index >= 15 is 0 Å². The summed E-state index contributed by atoms with van der Waals surface area (Å²) in [5.41, 5.74) is 2.18. The van der Waals surface area contributed by atoms with Gasteiger partial charge in [-0.1, -0.05) is 24.6 Å². The Labute approximate surface area is 124 Å². The highest BCUT2D eigenvalue weighted by molar-refractivity contribution is 6.30. The summed E-state index contributed by atoms with van der Waals surface area (Å²) in [6.07, 6.45) is 1.82. The highest BCUT2D eigenvalue weighted by Gasteiger charge is 2.20. The van der Waals surface area contributed by atoms with Crippen LogP contribution in [0.3, 0.4) is 0 Å². The zero-order chi connectivity index (χ0) is 14.5. The largest absolute Gasteiger partial charge is 0.496 e. The Kier molecular flexibility index (Phi) is 5.04. The Morgan fingerprint density at radius 1 is 1.35 bits per heavy atom. The Morgan fingerprint density at radius 3 is 2.80 bits per heavy atom. The van der Waals surface area contributed by atoms with Crippen molar-refractivity contribution in [1.29, 1.82) is 0 Å². The van der Waals surface area contributed by atoms with E-state index in [4.69, 9.17) is 16.3 Å². The summed E-state index contributed by atoms with van der Waals surface area (Å²) >= 11 is 6.04. The molecule has 0 spiro atoms. The minimum absolute atomic E-state index is 0.0367. The number of aryl methyl sites for hydroxylation is 1. The molecule has 0 saturated heterocycles. The molecule has 4 nitrogen and oxygen atoms in total. The van der Waals surface area contributed by atoms with Gasteiger partial charge in [0.1, 0.15) is 5.75 Å². The van der Waals surface area contributed by atoms with Gasteiger partial charge in [0, 0.05) is 23.3 Å². The molecule has 1 aromatic heterocycles. The number of nitrogens with one attached hydrogen (secondary N) is 1. The molecule has 0 bridgehead atoms. The number of hydrogen-bond donors (Lipinski definition) is 1. The molecule has 1 atom stereocenters. The molecule has 0 aliphatic rings. The van der Waals surface area contributed by atoms with Crippen molar-refractivity contribution in [3.05, 3.63) is 46.7 Å². The van der Waals surface area contributed by atoms with Crippen molar-refractivity contribution in [3.63, 3.8) is 0 Å². The standard InChI is InChI=1S/C15H20ClN3O/c1-4-17-15(13-8-9-18-19(13)5-2)12-7-6-11(16)10-14(12)20-3/h6-10,15,17H,4-5H2,1-3H3. The van der Waals surface area contributed by atoms with Crippen molar-refractivity contribution in [2.75, 3.05) is 13.7 Å². The van der Waals surface area contributed by atoms with Crippen LogP contribution in [0, 0.1) is 0 Å². The van der Waals surface area contributed by atoms with Crippen molar-refractivity contribution < 1.29 is 4.74 Å². The van der Waals surface area contributed by atoms with Gasteiger partial charge >= 0.3 is 0 Å². The predicted molar refractivity (Wildman–Crippen MR) is 81.4 cm³/mol. The maximum Gasteiger partial charge on any atom is 0.125 e. The van der Waals surface area contributed by atoms with Gasteiger partial charge < -0.3 is 10.1 Å². The number of hydrogen-bond acceptors (Lipinski definition) is 3. The molecule has 1 N–H and O–H groups in total. The monoisotopic (exact) mass is 293 g/mol. The molecule has 0 aliphatic heterocycles. The Bertz CT molecular complexity index is 568. The summed E-state index contributed by atoms with van der Waals surface area (Å²) in [6, 6.07) is 7.80. The third-order valence-electron chi connectivity index (χ3n) is 3.26. The topological polar surface area (TPSA) is 39.1 Å². The molecule has 108 valence electrons. The molecule has 0 saturated carbocycles. The van der Waals surface area contributed by atoms with Gasteiger partial charge in [-0.05, 0) is 31.7 Å². The van der Waals surface area contributed by atoms with Gasteiger partial charge in [-0.2, -0.15) is 5.10 Å². The first-order valence-corrected chi connectivity index (χ1v) is 7.17. The van der Waals surface area contributed by atoms with Gasteiger partial charge in [0.2, 0.25) is 0 Å². The average molecular weight is 294 g/mol. The first-order valence-electron chi connectivity index (χ1n) is 6.79. The van der Waals surface area contributed by atoms with Crippen LogP contribution in [-0.2, 0) is 6.54 Å². The first kappa shape index (κ1) is 14.9. The second-order valence-electron chi connectivity index (χ2n) is 4.45. The lowest BCUT2D eigenvalue weighted by molar-refractivity contribution is 0.402. The first-order chi connectivity index (χ1) is 9.71. The van der Waals surface area contributed by atoms with Crippen LogP contribution >= 0.6 is 11.6 Å². The van der Waals surface area contributed by atoms with E-state index in [1.165, 1.54) is 0 Å². The molecule has 0 radical (unpaired) electrons. The molecule has 2 aromatic rings. The van der Waals surface area contributed by atoms with Crippen molar-refractivity contribution in [2.24, 2.45) is 0 Å². The van der Waals surface area contributed by atoms with Gasteiger partial charge in [-0.15, -0.1) is 0 Å². The normalized spacial score (nSPS) is 12.4. The van der Waals surface area contributed by atoms with Crippen LogP contribution in [0.15, 0.2) is 30.5 Å². The molecule has 0 fully saturated rings.